The molecule has 0 fully saturated rings. The summed E-state index contributed by atoms with van der Waals surface area (Å²) in [6, 6.07) is 20.9. The predicted molar refractivity (Wildman–Crippen MR) is 100 cm³/mol. The van der Waals surface area contributed by atoms with Crippen LogP contribution >= 0.6 is 0 Å². The fourth-order valence-electron chi connectivity index (χ4n) is 2.75. The van der Waals surface area contributed by atoms with Crippen LogP contribution in [0, 0.1) is 0 Å². The first-order chi connectivity index (χ1) is 12.7. The third-order valence-corrected chi connectivity index (χ3v) is 4.17. The predicted octanol–water partition coefficient (Wildman–Crippen LogP) is 4.53. The Morgan fingerprint density at radius 3 is 2.38 bits per heavy atom. The second-order valence-electron chi connectivity index (χ2n) is 6.08. The molecule has 2 aromatic carbocycles. The zero-order valence-electron chi connectivity index (χ0n) is 14.5. The van der Waals surface area contributed by atoms with Gasteiger partial charge in [-0.3, -0.25) is 4.98 Å². The highest BCUT2D eigenvalue weighted by atomic mass is 16.5. The molecule has 0 spiro atoms. The number of hydrogen-bond acceptors (Lipinski definition) is 3. The van der Waals surface area contributed by atoms with E-state index in [-0.39, 0.29) is 0 Å². The largest absolute Gasteiger partial charge is 0.487 e. The summed E-state index contributed by atoms with van der Waals surface area (Å²) in [4.78, 5) is 15.3. The maximum Gasteiger partial charge on any atom is 0.335 e. The molecule has 3 aromatic rings. The first kappa shape index (κ1) is 17.7. The normalized spacial score (nSPS) is 10.5. The van der Waals surface area contributed by atoms with Crippen molar-refractivity contribution in [1.29, 1.82) is 0 Å². The van der Waals surface area contributed by atoms with Crippen molar-refractivity contribution in [1.82, 2.24) is 4.98 Å². The first-order valence-electron chi connectivity index (χ1n) is 8.65. The number of pyridine rings is 1. The van der Waals surface area contributed by atoms with Crippen molar-refractivity contribution < 1.29 is 14.6 Å². The van der Waals surface area contributed by atoms with Gasteiger partial charge in [0.05, 0.1) is 11.3 Å². The SMILES string of the molecule is O=C(O)c1ccc(CCCc2ncccc2OCc2ccccc2)cc1. The van der Waals surface area contributed by atoms with Crippen molar-refractivity contribution in [3.8, 4) is 5.75 Å². The molecule has 0 aliphatic carbocycles. The molecule has 4 heteroatoms. The molecule has 0 saturated carbocycles. The van der Waals surface area contributed by atoms with Gasteiger partial charge in [-0.05, 0) is 54.7 Å². The van der Waals surface area contributed by atoms with Crippen molar-refractivity contribution in [2.75, 3.05) is 0 Å². The third kappa shape index (κ3) is 4.93. The summed E-state index contributed by atoms with van der Waals surface area (Å²) < 4.78 is 5.94. The van der Waals surface area contributed by atoms with E-state index in [9.17, 15) is 4.79 Å². The van der Waals surface area contributed by atoms with E-state index in [2.05, 4.69) is 4.98 Å². The molecule has 1 aromatic heterocycles. The van der Waals surface area contributed by atoms with E-state index in [1.165, 1.54) is 0 Å². The molecule has 0 saturated heterocycles. The molecule has 0 radical (unpaired) electrons. The van der Waals surface area contributed by atoms with Crippen molar-refractivity contribution in [2.24, 2.45) is 0 Å². The van der Waals surface area contributed by atoms with Crippen molar-refractivity contribution in [2.45, 2.75) is 25.9 Å². The van der Waals surface area contributed by atoms with Gasteiger partial charge in [0.2, 0.25) is 0 Å². The molecule has 26 heavy (non-hydrogen) atoms. The summed E-state index contributed by atoms with van der Waals surface area (Å²) in [6.45, 7) is 0.524. The molecule has 3 rings (SSSR count). The lowest BCUT2D eigenvalue weighted by Crippen LogP contribution is -2.01. The molecule has 1 N–H and O–H groups in total. The number of rotatable bonds is 8. The van der Waals surface area contributed by atoms with E-state index in [0.717, 1.165) is 41.8 Å². The second-order valence-corrected chi connectivity index (χ2v) is 6.08. The van der Waals surface area contributed by atoms with Crippen LogP contribution < -0.4 is 4.74 Å². The molecule has 1 heterocycles. The van der Waals surface area contributed by atoms with Gasteiger partial charge in [0.1, 0.15) is 12.4 Å². The zero-order valence-corrected chi connectivity index (χ0v) is 14.5. The molecule has 0 unspecified atom stereocenters. The van der Waals surface area contributed by atoms with Crippen LogP contribution in [0.3, 0.4) is 0 Å². The highest BCUT2D eigenvalue weighted by Gasteiger charge is 2.06. The number of aryl methyl sites for hydroxylation is 2. The fourth-order valence-corrected chi connectivity index (χ4v) is 2.75. The van der Waals surface area contributed by atoms with Crippen LogP contribution in [0.4, 0.5) is 0 Å². The molecular formula is C22H21NO3. The van der Waals surface area contributed by atoms with Crippen LogP contribution in [0.1, 0.15) is 33.6 Å². The maximum absolute atomic E-state index is 10.9. The number of carboxylic acid groups (broad SMARTS) is 1. The van der Waals surface area contributed by atoms with Crippen molar-refractivity contribution >= 4 is 5.97 Å². The van der Waals surface area contributed by atoms with Gasteiger partial charge in [-0.2, -0.15) is 0 Å². The van der Waals surface area contributed by atoms with E-state index in [1.807, 2.05) is 54.6 Å². The fraction of sp³-hybridized carbons (Fsp3) is 0.182. The number of nitrogens with zero attached hydrogens (tertiary/aromatic N) is 1. The molecule has 0 bridgehead atoms. The number of carbonyl (C=O) groups is 1. The summed E-state index contributed by atoms with van der Waals surface area (Å²) in [5.41, 5.74) is 3.51. The molecule has 0 atom stereocenters. The number of aromatic nitrogens is 1. The molecular weight excluding hydrogens is 326 g/mol. The topological polar surface area (TPSA) is 59.4 Å². The van der Waals surface area contributed by atoms with Crippen molar-refractivity contribution in [3.63, 3.8) is 0 Å². The van der Waals surface area contributed by atoms with E-state index in [4.69, 9.17) is 9.84 Å². The number of aromatic carboxylic acids is 1. The lowest BCUT2D eigenvalue weighted by Gasteiger charge is -2.11. The van der Waals surface area contributed by atoms with Gasteiger partial charge in [0, 0.05) is 6.20 Å². The van der Waals surface area contributed by atoms with Gasteiger partial charge in [0.25, 0.3) is 0 Å². The Hall–Kier alpha value is -3.14. The van der Waals surface area contributed by atoms with E-state index >= 15 is 0 Å². The third-order valence-electron chi connectivity index (χ3n) is 4.17. The Balaban J connectivity index is 1.55. The van der Waals surface area contributed by atoms with Crippen LogP contribution in [0.2, 0.25) is 0 Å². The van der Waals surface area contributed by atoms with Gasteiger partial charge in [-0.15, -0.1) is 0 Å². The molecule has 132 valence electrons. The Morgan fingerprint density at radius 1 is 0.885 bits per heavy atom. The number of hydrogen-bond donors (Lipinski definition) is 1. The lowest BCUT2D eigenvalue weighted by atomic mass is 10.0. The Morgan fingerprint density at radius 2 is 1.65 bits per heavy atom. The smallest absolute Gasteiger partial charge is 0.335 e. The van der Waals surface area contributed by atoms with E-state index in [1.54, 1.807) is 18.3 Å². The minimum Gasteiger partial charge on any atom is -0.487 e. The Bertz CT molecular complexity index is 845. The summed E-state index contributed by atoms with van der Waals surface area (Å²) >= 11 is 0. The molecule has 0 aliphatic rings. The average Bonchev–Trinajstić information content (AvgIpc) is 2.68. The van der Waals surface area contributed by atoms with Gasteiger partial charge >= 0.3 is 5.97 Å². The van der Waals surface area contributed by atoms with Crippen LogP contribution in [-0.2, 0) is 19.4 Å². The second kappa shape index (κ2) is 8.81. The summed E-state index contributed by atoms with van der Waals surface area (Å²) in [5, 5.41) is 8.94. The van der Waals surface area contributed by atoms with Gasteiger partial charge in [-0.1, -0.05) is 42.5 Å². The van der Waals surface area contributed by atoms with Gasteiger partial charge < -0.3 is 9.84 Å². The van der Waals surface area contributed by atoms with Crippen LogP contribution in [0.15, 0.2) is 72.9 Å². The molecule has 4 nitrogen and oxygen atoms in total. The van der Waals surface area contributed by atoms with Gasteiger partial charge in [0.15, 0.2) is 0 Å². The molecule has 0 amide bonds. The van der Waals surface area contributed by atoms with Crippen LogP contribution in [0.25, 0.3) is 0 Å². The standard InChI is InChI=1S/C22H21NO3/c24-22(25)19-13-11-17(12-14-19)8-4-9-20-21(10-5-15-23-20)26-16-18-6-2-1-3-7-18/h1-3,5-7,10-15H,4,8-9,16H2,(H,24,25). The lowest BCUT2D eigenvalue weighted by molar-refractivity contribution is 0.0697. The van der Waals surface area contributed by atoms with Crippen LogP contribution in [-0.4, -0.2) is 16.1 Å². The summed E-state index contributed by atoms with van der Waals surface area (Å²) in [5.74, 6) is -0.0807. The Kier molecular flexibility index (Phi) is 5.99. The monoisotopic (exact) mass is 347 g/mol. The van der Waals surface area contributed by atoms with Crippen molar-refractivity contribution in [3.05, 3.63) is 95.3 Å². The number of ether oxygens (including phenoxy) is 1. The van der Waals surface area contributed by atoms with E-state index in [0.29, 0.717) is 12.2 Å². The summed E-state index contributed by atoms with van der Waals surface area (Å²) in [7, 11) is 0. The maximum atomic E-state index is 10.9. The quantitative estimate of drug-likeness (QED) is 0.650. The van der Waals surface area contributed by atoms with E-state index < -0.39 is 5.97 Å². The number of benzene rings is 2. The Labute approximate surface area is 153 Å². The highest BCUT2D eigenvalue weighted by Crippen LogP contribution is 2.19. The average molecular weight is 347 g/mol. The minimum atomic E-state index is -0.898. The minimum absolute atomic E-state index is 0.315. The zero-order chi connectivity index (χ0) is 18.2. The first-order valence-corrected chi connectivity index (χ1v) is 8.65. The molecule has 0 aliphatic heterocycles. The summed E-state index contributed by atoms with van der Waals surface area (Å²) in [6.07, 6.45) is 4.39. The number of carboxylic acids is 1. The highest BCUT2D eigenvalue weighted by molar-refractivity contribution is 5.87. The van der Waals surface area contributed by atoms with Crippen LogP contribution in [0.5, 0.6) is 5.75 Å². The van der Waals surface area contributed by atoms with Gasteiger partial charge in [-0.25, -0.2) is 4.79 Å².